The number of aromatic amines is 1. The van der Waals surface area contributed by atoms with Crippen LogP contribution in [0.4, 0.5) is 0 Å². The second kappa shape index (κ2) is 6.27. The van der Waals surface area contributed by atoms with Gasteiger partial charge in [-0.25, -0.2) is 4.98 Å². The first kappa shape index (κ1) is 12.7. The molecule has 1 aromatic rings. The predicted octanol–water partition coefficient (Wildman–Crippen LogP) is 1.32. The minimum Gasteiger partial charge on any atom is -0.372 e. The molecule has 0 bridgehead atoms. The standard InChI is InChI=1S/C11H19N3O2/c1-4-5-16-7-10(15)14-9(3)11-12-6-8(2)13-11/h6,9H,4-5,7H2,1-3H3,(H,12,13)(H,14,15)/t9-/m0/s1. The molecule has 90 valence electrons. The fraction of sp³-hybridized carbons (Fsp3) is 0.636. The summed E-state index contributed by atoms with van der Waals surface area (Å²) in [5.74, 6) is 0.649. The number of imidazole rings is 1. The third-order valence-corrected chi connectivity index (χ3v) is 2.09. The summed E-state index contributed by atoms with van der Waals surface area (Å²) >= 11 is 0. The number of H-pyrrole nitrogens is 1. The maximum absolute atomic E-state index is 11.4. The molecule has 0 aliphatic carbocycles. The van der Waals surface area contributed by atoms with Gasteiger partial charge >= 0.3 is 0 Å². The molecule has 0 saturated heterocycles. The lowest BCUT2D eigenvalue weighted by Crippen LogP contribution is -2.30. The van der Waals surface area contributed by atoms with Crippen LogP contribution in [0, 0.1) is 6.92 Å². The number of aryl methyl sites for hydroxylation is 1. The lowest BCUT2D eigenvalue weighted by molar-refractivity contribution is -0.126. The molecule has 1 aromatic heterocycles. The number of nitrogens with one attached hydrogen (secondary N) is 2. The van der Waals surface area contributed by atoms with Crippen LogP contribution >= 0.6 is 0 Å². The van der Waals surface area contributed by atoms with Crippen molar-refractivity contribution in [2.45, 2.75) is 33.2 Å². The van der Waals surface area contributed by atoms with Crippen LogP contribution in [-0.2, 0) is 9.53 Å². The van der Waals surface area contributed by atoms with Crippen LogP contribution in [0.1, 0.15) is 37.8 Å². The van der Waals surface area contributed by atoms with E-state index in [9.17, 15) is 4.79 Å². The molecule has 1 heterocycles. The van der Waals surface area contributed by atoms with Gasteiger partial charge in [0, 0.05) is 18.5 Å². The first-order chi connectivity index (χ1) is 7.63. The van der Waals surface area contributed by atoms with Gasteiger partial charge in [0.1, 0.15) is 12.4 Å². The van der Waals surface area contributed by atoms with Gasteiger partial charge in [0.2, 0.25) is 5.91 Å². The van der Waals surface area contributed by atoms with Crippen molar-refractivity contribution in [3.63, 3.8) is 0 Å². The smallest absolute Gasteiger partial charge is 0.246 e. The van der Waals surface area contributed by atoms with Crippen molar-refractivity contribution in [2.24, 2.45) is 0 Å². The molecule has 16 heavy (non-hydrogen) atoms. The summed E-state index contributed by atoms with van der Waals surface area (Å²) in [5.41, 5.74) is 0.985. The Bertz CT molecular complexity index is 336. The van der Waals surface area contributed by atoms with E-state index in [1.807, 2.05) is 20.8 Å². The van der Waals surface area contributed by atoms with Gasteiger partial charge in [0.05, 0.1) is 6.04 Å². The Balaban J connectivity index is 2.33. The lowest BCUT2D eigenvalue weighted by Gasteiger charge is -2.11. The van der Waals surface area contributed by atoms with E-state index in [1.54, 1.807) is 6.20 Å². The maximum atomic E-state index is 11.4. The Morgan fingerprint density at radius 3 is 3.00 bits per heavy atom. The van der Waals surface area contributed by atoms with Crippen LogP contribution in [0.15, 0.2) is 6.20 Å². The Morgan fingerprint density at radius 2 is 2.44 bits per heavy atom. The Morgan fingerprint density at radius 1 is 1.69 bits per heavy atom. The number of aromatic nitrogens is 2. The Labute approximate surface area is 95.6 Å². The van der Waals surface area contributed by atoms with Crippen LogP contribution < -0.4 is 5.32 Å². The summed E-state index contributed by atoms with van der Waals surface area (Å²) in [7, 11) is 0. The minimum absolute atomic E-state index is 0.109. The second-order valence-corrected chi connectivity index (χ2v) is 3.79. The molecule has 1 rings (SSSR count). The third kappa shape index (κ3) is 4.02. The predicted molar refractivity (Wildman–Crippen MR) is 61.0 cm³/mol. The first-order valence-electron chi connectivity index (χ1n) is 5.52. The van der Waals surface area contributed by atoms with Gasteiger partial charge in [-0.15, -0.1) is 0 Å². The quantitative estimate of drug-likeness (QED) is 0.717. The van der Waals surface area contributed by atoms with Crippen molar-refractivity contribution < 1.29 is 9.53 Å². The highest BCUT2D eigenvalue weighted by Crippen LogP contribution is 2.06. The summed E-state index contributed by atoms with van der Waals surface area (Å²) in [6.07, 6.45) is 2.66. The van der Waals surface area contributed by atoms with E-state index in [1.165, 1.54) is 0 Å². The van der Waals surface area contributed by atoms with Crippen LogP contribution in [0.25, 0.3) is 0 Å². The Hall–Kier alpha value is -1.36. The number of ether oxygens (including phenoxy) is 1. The molecule has 0 aliphatic heterocycles. The fourth-order valence-electron chi connectivity index (χ4n) is 1.31. The Kier molecular flexibility index (Phi) is 4.98. The number of hydrogen-bond donors (Lipinski definition) is 2. The van der Waals surface area contributed by atoms with Crippen molar-refractivity contribution in [1.82, 2.24) is 15.3 Å². The highest BCUT2D eigenvalue weighted by molar-refractivity contribution is 5.77. The molecule has 0 fully saturated rings. The molecule has 0 unspecified atom stereocenters. The number of rotatable bonds is 6. The van der Waals surface area contributed by atoms with Crippen LogP contribution in [-0.4, -0.2) is 29.1 Å². The molecule has 2 N–H and O–H groups in total. The van der Waals surface area contributed by atoms with Gasteiger partial charge < -0.3 is 15.0 Å². The van der Waals surface area contributed by atoms with Crippen LogP contribution in [0.5, 0.6) is 0 Å². The molecule has 0 spiro atoms. The van der Waals surface area contributed by atoms with Gasteiger partial charge in [-0.3, -0.25) is 4.79 Å². The fourth-order valence-corrected chi connectivity index (χ4v) is 1.31. The van der Waals surface area contributed by atoms with Crippen molar-refractivity contribution in [2.75, 3.05) is 13.2 Å². The van der Waals surface area contributed by atoms with Crippen molar-refractivity contribution in [3.05, 3.63) is 17.7 Å². The number of nitrogens with zero attached hydrogens (tertiary/aromatic N) is 1. The average Bonchev–Trinajstić information content (AvgIpc) is 2.65. The molecule has 0 aliphatic rings. The molecular weight excluding hydrogens is 206 g/mol. The first-order valence-corrected chi connectivity index (χ1v) is 5.52. The molecular formula is C11H19N3O2. The minimum atomic E-state index is -0.119. The topological polar surface area (TPSA) is 67.0 Å². The molecule has 1 amide bonds. The second-order valence-electron chi connectivity index (χ2n) is 3.79. The third-order valence-electron chi connectivity index (χ3n) is 2.09. The normalized spacial score (nSPS) is 12.4. The van der Waals surface area contributed by atoms with E-state index < -0.39 is 0 Å². The van der Waals surface area contributed by atoms with Crippen molar-refractivity contribution >= 4 is 5.91 Å². The van der Waals surface area contributed by atoms with Crippen molar-refractivity contribution in [1.29, 1.82) is 0 Å². The number of amides is 1. The van der Waals surface area contributed by atoms with E-state index in [4.69, 9.17) is 4.74 Å². The van der Waals surface area contributed by atoms with E-state index in [2.05, 4.69) is 15.3 Å². The number of carbonyl (C=O) groups is 1. The monoisotopic (exact) mass is 225 g/mol. The number of carbonyl (C=O) groups excluding carboxylic acids is 1. The highest BCUT2D eigenvalue weighted by atomic mass is 16.5. The van der Waals surface area contributed by atoms with Gasteiger partial charge in [0.25, 0.3) is 0 Å². The summed E-state index contributed by atoms with van der Waals surface area (Å²) < 4.78 is 5.14. The molecule has 0 saturated carbocycles. The van der Waals surface area contributed by atoms with E-state index >= 15 is 0 Å². The SMILES string of the molecule is CCCOCC(=O)N[C@@H](C)c1ncc(C)[nH]1. The molecule has 5 nitrogen and oxygen atoms in total. The molecule has 5 heteroatoms. The molecule has 0 radical (unpaired) electrons. The number of hydrogen-bond acceptors (Lipinski definition) is 3. The van der Waals surface area contributed by atoms with Gasteiger partial charge in [-0.05, 0) is 20.3 Å². The summed E-state index contributed by atoms with van der Waals surface area (Å²) in [6, 6.07) is -0.119. The zero-order chi connectivity index (χ0) is 12.0. The largest absolute Gasteiger partial charge is 0.372 e. The molecule has 1 atom stereocenters. The summed E-state index contributed by atoms with van der Waals surface area (Å²) in [6.45, 7) is 6.54. The average molecular weight is 225 g/mol. The maximum Gasteiger partial charge on any atom is 0.246 e. The van der Waals surface area contributed by atoms with Crippen molar-refractivity contribution in [3.8, 4) is 0 Å². The van der Waals surface area contributed by atoms with Gasteiger partial charge in [-0.2, -0.15) is 0 Å². The summed E-state index contributed by atoms with van der Waals surface area (Å²) in [4.78, 5) is 18.7. The van der Waals surface area contributed by atoms with E-state index in [-0.39, 0.29) is 18.6 Å². The zero-order valence-corrected chi connectivity index (χ0v) is 10.0. The zero-order valence-electron chi connectivity index (χ0n) is 10.0. The van der Waals surface area contributed by atoms with E-state index in [0.717, 1.165) is 17.9 Å². The van der Waals surface area contributed by atoms with E-state index in [0.29, 0.717) is 6.61 Å². The van der Waals surface area contributed by atoms with Crippen LogP contribution in [0.2, 0.25) is 0 Å². The summed E-state index contributed by atoms with van der Waals surface area (Å²) in [5, 5.41) is 2.81. The highest BCUT2D eigenvalue weighted by Gasteiger charge is 2.11. The van der Waals surface area contributed by atoms with Gasteiger partial charge in [0.15, 0.2) is 0 Å². The lowest BCUT2D eigenvalue weighted by atomic mass is 10.3. The van der Waals surface area contributed by atoms with Gasteiger partial charge in [-0.1, -0.05) is 6.92 Å². The van der Waals surface area contributed by atoms with Crippen LogP contribution in [0.3, 0.4) is 0 Å². The molecule has 0 aromatic carbocycles.